The quantitative estimate of drug-likeness (QED) is 0.440. The first kappa shape index (κ1) is 19.1. The number of hydrogen-bond acceptors (Lipinski definition) is 5. The maximum atomic E-state index is 12.9. The Balaban J connectivity index is 1.36. The smallest absolute Gasteiger partial charge is 0.212 e. The number of thioether (sulfide) groups is 2. The van der Waals surface area contributed by atoms with E-state index in [4.69, 9.17) is 0 Å². The van der Waals surface area contributed by atoms with Crippen molar-refractivity contribution in [3.63, 3.8) is 0 Å². The summed E-state index contributed by atoms with van der Waals surface area (Å²) in [6.07, 6.45) is 13.6. The number of rotatable bonds is 6. The maximum absolute atomic E-state index is 12.9. The Bertz CT molecular complexity index is 660. The summed E-state index contributed by atoms with van der Waals surface area (Å²) in [5.74, 6) is 0.214. The third-order valence-corrected chi connectivity index (χ3v) is 10.5. The van der Waals surface area contributed by atoms with Crippen molar-refractivity contribution in [2.75, 3.05) is 0 Å². The second kappa shape index (κ2) is 9.31. The number of thiophene rings is 2. The zero-order chi connectivity index (χ0) is 17.8. The Hall–Kier alpha value is -0.230. The normalized spacial score (nSPS) is 19.7. The first-order chi connectivity index (χ1) is 12.8. The van der Waals surface area contributed by atoms with Crippen LogP contribution < -0.4 is 0 Å². The second-order valence-electron chi connectivity index (χ2n) is 7.32. The van der Waals surface area contributed by atoms with Crippen molar-refractivity contribution in [1.29, 1.82) is 0 Å². The predicted molar refractivity (Wildman–Crippen MR) is 118 cm³/mol. The summed E-state index contributed by atoms with van der Waals surface area (Å²) in [6.45, 7) is 0. The van der Waals surface area contributed by atoms with Crippen molar-refractivity contribution >= 4 is 52.0 Å². The van der Waals surface area contributed by atoms with Crippen LogP contribution in [0.2, 0.25) is 0 Å². The summed E-state index contributed by atoms with van der Waals surface area (Å²) in [5.41, 5.74) is 0. The average Bonchev–Trinajstić information content (AvgIpc) is 3.33. The third-order valence-electron chi connectivity index (χ3n) is 5.28. The van der Waals surface area contributed by atoms with Gasteiger partial charge in [0, 0.05) is 10.5 Å². The monoisotopic (exact) mass is 422 g/mol. The van der Waals surface area contributed by atoms with E-state index in [2.05, 4.69) is 12.1 Å². The van der Waals surface area contributed by atoms with Gasteiger partial charge in [-0.05, 0) is 49.9 Å². The second-order valence-corrected chi connectivity index (χ2v) is 12.7. The minimum Gasteiger partial charge on any atom is -0.287 e. The highest BCUT2D eigenvalue weighted by Crippen LogP contribution is 2.40. The molecule has 2 aliphatic carbocycles. The van der Waals surface area contributed by atoms with Crippen LogP contribution in [0.1, 0.15) is 78.8 Å². The molecule has 4 rings (SSSR count). The lowest BCUT2D eigenvalue weighted by molar-refractivity contribution is 0.104. The fourth-order valence-electron chi connectivity index (χ4n) is 3.83. The van der Waals surface area contributed by atoms with Gasteiger partial charge < -0.3 is 0 Å². The standard InChI is InChI=1S/C21H26OS4/c22-21(17-11-13-19(25-17)23-15-7-3-1-4-8-15)18-12-14-20(26-18)24-16-9-5-2-6-10-16/h11-16H,1-10H2. The summed E-state index contributed by atoms with van der Waals surface area (Å²) in [4.78, 5) is 14.7. The lowest BCUT2D eigenvalue weighted by atomic mass is 10.0. The molecule has 0 amide bonds. The van der Waals surface area contributed by atoms with Gasteiger partial charge in [-0.1, -0.05) is 38.5 Å². The van der Waals surface area contributed by atoms with Gasteiger partial charge in [0.15, 0.2) is 0 Å². The molecule has 5 heteroatoms. The molecule has 140 valence electrons. The molecule has 1 nitrogen and oxygen atoms in total. The molecule has 0 aromatic carbocycles. The summed E-state index contributed by atoms with van der Waals surface area (Å²) < 4.78 is 2.63. The number of ketones is 1. The van der Waals surface area contributed by atoms with Crippen molar-refractivity contribution < 1.29 is 4.79 Å². The average molecular weight is 423 g/mol. The molecule has 0 spiro atoms. The minimum absolute atomic E-state index is 0.214. The minimum atomic E-state index is 0.214. The van der Waals surface area contributed by atoms with Crippen LogP contribution in [-0.4, -0.2) is 16.3 Å². The van der Waals surface area contributed by atoms with Gasteiger partial charge in [-0.25, -0.2) is 0 Å². The van der Waals surface area contributed by atoms with Crippen LogP contribution in [0.25, 0.3) is 0 Å². The molecule has 2 heterocycles. The number of carbonyl (C=O) groups excluding carboxylic acids is 1. The Morgan fingerprint density at radius 3 is 1.54 bits per heavy atom. The zero-order valence-electron chi connectivity index (χ0n) is 15.1. The number of carbonyl (C=O) groups is 1. The summed E-state index contributed by atoms with van der Waals surface area (Å²) >= 11 is 7.36. The van der Waals surface area contributed by atoms with Gasteiger partial charge in [-0.2, -0.15) is 0 Å². The zero-order valence-corrected chi connectivity index (χ0v) is 18.3. The summed E-state index contributed by atoms with van der Waals surface area (Å²) in [6, 6.07) is 8.38. The van der Waals surface area contributed by atoms with Gasteiger partial charge in [0.05, 0.1) is 18.2 Å². The molecular weight excluding hydrogens is 396 g/mol. The van der Waals surface area contributed by atoms with Crippen molar-refractivity contribution in [2.45, 2.75) is 83.1 Å². The molecule has 0 N–H and O–H groups in total. The first-order valence-corrected chi connectivity index (χ1v) is 13.2. The lowest BCUT2D eigenvalue weighted by Crippen LogP contribution is -2.07. The topological polar surface area (TPSA) is 17.1 Å². The van der Waals surface area contributed by atoms with E-state index in [1.807, 2.05) is 35.7 Å². The molecule has 2 aliphatic rings. The lowest BCUT2D eigenvalue weighted by Gasteiger charge is -2.19. The SMILES string of the molecule is O=C(c1ccc(SC2CCCCC2)s1)c1ccc(SC2CCCCC2)s1. The van der Waals surface area contributed by atoms with Gasteiger partial charge in [0.1, 0.15) is 0 Å². The molecule has 0 unspecified atom stereocenters. The van der Waals surface area contributed by atoms with Gasteiger partial charge in [0.2, 0.25) is 5.78 Å². The molecule has 2 aromatic rings. The Kier molecular flexibility index (Phi) is 6.84. The summed E-state index contributed by atoms with van der Waals surface area (Å²) in [7, 11) is 0. The molecule has 0 atom stereocenters. The van der Waals surface area contributed by atoms with Crippen molar-refractivity contribution in [3.05, 3.63) is 34.0 Å². The van der Waals surface area contributed by atoms with Crippen LogP contribution in [0.3, 0.4) is 0 Å². The van der Waals surface area contributed by atoms with Gasteiger partial charge in [-0.3, -0.25) is 4.79 Å². The molecule has 0 aliphatic heterocycles. The first-order valence-electron chi connectivity index (χ1n) is 9.85. The highest BCUT2D eigenvalue weighted by molar-refractivity contribution is 8.02. The van der Waals surface area contributed by atoms with Crippen LogP contribution in [-0.2, 0) is 0 Å². The highest BCUT2D eigenvalue weighted by atomic mass is 32.2. The molecule has 2 aromatic heterocycles. The Morgan fingerprint density at radius 2 is 1.12 bits per heavy atom. The van der Waals surface area contributed by atoms with Crippen LogP contribution in [0.5, 0.6) is 0 Å². The molecule has 26 heavy (non-hydrogen) atoms. The van der Waals surface area contributed by atoms with E-state index >= 15 is 0 Å². The van der Waals surface area contributed by atoms with E-state index in [0.29, 0.717) is 0 Å². The fraction of sp³-hybridized carbons (Fsp3) is 0.571. The summed E-state index contributed by atoms with van der Waals surface area (Å²) in [5, 5.41) is 1.51. The van der Waals surface area contributed by atoms with Crippen LogP contribution in [0.4, 0.5) is 0 Å². The van der Waals surface area contributed by atoms with Gasteiger partial charge >= 0.3 is 0 Å². The number of hydrogen-bond donors (Lipinski definition) is 0. The highest BCUT2D eigenvalue weighted by Gasteiger charge is 2.20. The van der Waals surface area contributed by atoms with E-state index in [0.717, 1.165) is 20.3 Å². The maximum Gasteiger partial charge on any atom is 0.212 e. The molecule has 2 saturated carbocycles. The van der Waals surface area contributed by atoms with E-state index < -0.39 is 0 Å². The van der Waals surface area contributed by atoms with Crippen LogP contribution in [0, 0.1) is 0 Å². The molecule has 0 radical (unpaired) electrons. The van der Waals surface area contributed by atoms with Crippen LogP contribution >= 0.6 is 46.2 Å². The van der Waals surface area contributed by atoms with Crippen molar-refractivity contribution in [3.8, 4) is 0 Å². The van der Waals surface area contributed by atoms with Crippen molar-refractivity contribution in [1.82, 2.24) is 0 Å². The molecule has 0 saturated heterocycles. The largest absolute Gasteiger partial charge is 0.287 e. The fourth-order valence-corrected chi connectivity index (χ4v) is 9.10. The van der Waals surface area contributed by atoms with E-state index in [1.54, 1.807) is 22.7 Å². The Labute approximate surface area is 173 Å². The van der Waals surface area contributed by atoms with E-state index in [-0.39, 0.29) is 5.78 Å². The van der Waals surface area contributed by atoms with Crippen molar-refractivity contribution in [2.24, 2.45) is 0 Å². The van der Waals surface area contributed by atoms with Crippen LogP contribution in [0.15, 0.2) is 32.7 Å². The molecular formula is C21H26OS4. The molecule has 0 bridgehead atoms. The van der Waals surface area contributed by atoms with E-state index in [1.165, 1.54) is 72.6 Å². The van der Waals surface area contributed by atoms with E-state index in [9.17, 15) is 4.79 Å². The van der Waals surface area contributed by atoms with Gasteiger partial charge in [-0.15, -0.1) is 46.2 Å². The predicted octanol–water partition coefficient (Wildman–Crippen LogP) is 7.89. The Morgan fingerprint density at radius 1 is 0.692 bits per heavy atom. The third kappa shape index (κ3) is 4.98. The molecule has 2 fully saturated rings. The van der Waals surface area contributed by atoms with Gasteiger partial charge in [0.25, 0.3) is 0 Å².